The van der Waals surface area contributed by atoms with Crippen LogP contribution in [0, 0.1) is 12.7 Å². The lowest BCUT2D eigenvalue weighted by Gasteiger charge is -2.13. The van der Waals surface area contributed by atoms with Crippen molar-refractivity contribution in [2.24, 2.45) is 0 Å². The van der Waals surface area contributed by atoms with Crippen molar-refractivity contribution < 1.29 is 22.4 Å². The van der Waals surface area contributed by atoms with Crippen LogP contribution in [0.25, 0.3) is 5.69 Å². The number of aryl methyl sites for hydroxylation is 1. The van der Waals surface area contributed by atoms with Gasteiger partial charge in [-0.3, -0.25) is 4.79 Å². The van der Waals surface area contributed by atoms with Gasteiger partial charge in [0, 0.05) is 18.2 Å². The van der Waals surface area contributed by atoms with Crippen molar-refractivity contribution in [3.05, 3.63) is 64.7 Å². The molecule has 0 N–H and O–H groups in total. The first-order valence-electron chi connectivity index (χ1n) is 8.21. The lowest BCUT2D eigenvalue weighted by Crippen LogP contribution is -2.19. The minimum absolute atomic E-state index is 0.0845. The van der Waals surface area contributed by atoms with Gasteiger partial charge in [-0.2, -0.15) is 18.3 Å². The highest BCUT2D eigenvalue weighted by Crippen LogP contribution is 2.30. The maximum absolute atomic E-state index is 13.1. The third kappa shape index (κ3) is 3.94. The SMILES string of the molecule is Cc1nc(C(F)(F)F)cn1C(C)C(=O)Cc1cnn(-c2ccc(F)cc2)c1Cl. The number of ketones is 1. The Bertz CT molecular complexity index is 1010. The van der Waals surface area contributed by atoms with Crippen LogP contribution < -0.4 is 0 Å². The molecule has 5 nitrogen and oxygen atoms in total. The number of benzene rings is 1. The van der Waals surface area contributed by atoms with Gasteiger partial charge >= 0.3 is 6.18 Å². The molecular weight excluding hydrogens is 400 g/mol. The molecule has 0 aliphatic heterocycles. The molecule has 0 fully saturated rings. The summed E-state index contributed by atoms with van der Waals surface area (Å²) in [4.78, 5) is 16.1. The Hall–Kier alpha value is -2.68. The van der Waals surface area contributed by atoms with Crippen LogP contribution in [0.15, 0.2) is 36.7 Å². The highest BCUT2D eigenvalue weighted by Gasteiger charge is 2.35. The molecule has 1 atom stereocenters. The first kappa shape index (κ1) is 20.1. The average molecular weight is 415 g/mol. The summed E-state index contributed by atoms with van der Waals surface area (Å²) in [5.41, 5.74) is -0.123. The van der Waals surface area contributed by atoms with E-state index in [0.717, 1.165) is 6.20 Å². The molecule has 0 saturated carbocycles. The number of Topliss-reactive ketones (excluding diaryl/α,β-unsaturated/α-hetero) is 1. The normalized spacial score (nSPS) is 13.0. The van der Waals surface area contributed by atoms with Gasteiger partial charge in [-0.1, -0.05) is 11.6 Å². The Kier molecular flexibility index (Phi) is 5.29. The van der Waals surface area contributed by atoms with Crippen LogP contribution in [-0.4, -0.2) is 25.1 Å². The van der Waals surface area contributed by atoms with E-state index in [1.165, 1.54) is 53.6 Å². The lowest BCUT2D eigenvalue weighted by atomic mass is 10.1. The summed E-state index contributed by atoms with van der Waals surface area (Å²) in [6, 6.07) is 4.60. The summed E-state index contributed by atoms with van der Waals surface area (Å²) in [7, 11) is 0. The van der Waals surface area contributed by atoms with Gasteiger partial charge in [0.1, 0.15) is 16.8 Å². The second-order valence-electron chi connectivity index (χ2n) is 6.25. The van der Waals surface area contributed by atoms with Crippen LogP contribution in [0.1, 0.15) is 30.0 Å². The van der Waals surface area contributed by atoms with E-state index >= 15 is 0 Å². The summed E-state index contributed by atoms with van der Waals surface area (Å²) < 4.78 is 54.0. The van der Waals surface area contributed by atoms with Crippen LogP contribution >= 0.6 is 11.6 Å². The van der Waals surface area contributed by atoms with Crippen molar-refractivity contribution in [3.8, 4) is 5.69 Å². The monoisotopic (exact) mass is 414 g/mol. The van der Waals surface area contributed by atoms with Crippen molar-refractivity contribution in [3.63, 3.8) is 0 Å². The van der Waals surface area contributed by atoms with Crippen molar-refractivity contribution in [1.29, 1.82) is 0 Å². The van der Waals surface area contributed by atoms with Gasteiger partial charge in [-0.15, -0.1) is 0 Å². The van der Waals surface area contributed by atoms with E-state index in [1.54, 1.807) is 0 Å². The van der Waals surface area contributed by atoms with Crippen LogP contribution in [0.5, 0.6) is 0 Å². The van der Waals surface area contributed by atoms with Gasteiger partial charge in [-0.05, 0) is 38.1 Å². The van der Waals surface area contributed by atoms with Crippen LogP contribution in [0.4, 0.5) is 17.6 Å². The zero-order valence-electron chi connectivity index (χ0n) is 14.8. The second kappa shape index (κ2) is 7.38. The Morgan fingerprint density at radius 3 is 2.46 bits per heavy atom. The second-order valence-corrected chi connectivity index (χ2v) is 6.60. The number of hydrogen-bond donors (Lipinski definition) is 0. The smallest absolute Gasteiger partial charge is 0.324 e. The third-order valence-corrected chi connectivity index (χ3v) is 4.71. The quantitative estimate of drug-likeness (QED) is 0.575. The maximum Gasteiger partial charge on any atom is 0.434 e. The molecule has 148 valence electrons. The molecule has 0 bridgehead atoms. The zero-order chi connectivity index (χ0) is 20.6. The van der Waals surface area contributed by atoms with Crippen molar-refractivity contribution in [2.45, 2.75) is 32.5 Å². The predicted octanol–water partition coefficient (Wildman–Crippen LogP) is 4.56. The lowest BCUT2D eigenvalue weighted by molar-refractivity contribution is -0.141. The van der Waals surface area contributed by atoms with Crippen molar-refractivity contribution in [1.82, 2.24) is 19.3 Å². The van der Waals surface area contributed by atoms with Crippen molar-refractivity contribution >= 4 is 17.4 Å². The molecule has 0 saturated heterocycles. The fourth-order valence-corrected chi connectivity index (χ4v) is 3.01. The summed E-state index contributed by atoms with van der Waals surface area (Å²) in [5.74, 6) is -0.679. The minimum Gasteiger partial charge on any atom is -0.324 e. The van der Waals surface area contributed by atoms with E-state index in [2.05, 4.69) is 10.1 Å². The number of hydrogen-bond acceptors (Lipinski definition) is 3. The van der Waals surface area contributed by atoms with E-state index < -0.39 is 23.7 Å². The van der Waals surface area contributed by atoms with E-state index in [-0.39, 0.29) is 23.2 Å². The number of alkyl halides is 3. The average Bonchev–Trinajstić information content (AvgIpc) is 3.18. The van der Waals surface area contributed by atoms with E-state index in [1.807, 2.05) is 0 Å². The minimum atomic E-state index is -4.58. The largest absolute Gasteiger partial charge is 0.434 e. The Labute approximate surface area is 162 Å². The number of halogens is 5. The summed E-state index contributed by atoms with van der Waals surface area (Å²) in [6.07, 6.45) is -2.49. The highest BCUT2D eigenvalue weighted by atomic mass is 35.5. The van der Waals surface area contributed by atoms with Crippen molar-refractivity contribution in [2.75, 3.05) is 0 Å². The van der Waals surface area contributed by atoms with Gasteiger partial charge < -0.3 is 4.57 Å². The standard InChI is InChI=1S/C18H15ClF4N4O/c1-10(26-9-16(18(21,22)23)25-11(26)2)15(28)7-12-8-24-27(17(12)19)14-5-3-13(20)4-6-14/h3-6,8-10H,7H2,1-2H3. The Balaban J connectivity index is 1.80. The molecule has 0 amide bonds. The molecule has 0 aliphatic carbocycles. The molecule has 0 spiro atoms. The van der Waals surface area contributed by atoms with Crippen LogP contribution in [0.2, 0.25) is 5.15 Å². The van der Waals surface area contributed by atoms with Gasteiger partial charge in [0.05, 0.1) is 17.9 Å². The number of carbonyl (C=O) groups excluding carboxylic acids is 1. The highest BCUT2D eigenvalue weighted by molar-refractivity contribution is 6.30. The fourth-order valence-electron chi connectivity index (χ4n) is 2.75. The number of imidazole rings is 1. The first-order valence-corrected chi connectivity index (χ1v) is 8.59. The first-order chi connectivity index (χ1) is 13.1. The number of carbonyl (C=O) groups is 1. The number of aromatic nitrogens is 4. The molecule has 2 heterocycles. The predicted molar refractivity (Wildman–Crippen MR) is 93.9 cm³/mol. The topological polar surface area (TPSA) is 52.7 Å². The molecule has 28 heavy (non-hydrogen) atoms. The Morgan fingerprint density at radius 1 is 1.25 bits per heavy atom. The van der Waals surface area contributed by atoms with Crippen LogP contribution in [-0.2, 0) is 17.4 Å². The summed E-state index contributed by atoms with van der Waals surface area (Å²) in [5, 5.41) is 4.27. The van der Waals surface area contributed by atoms with Gasteiger partial charge in [0.15, 0.2) is 11.5 Å². The van der Waals surface area contributed by atoms with E-state index in [0.29, 0.717) is 11.3 Å². The molecule has 1 aromatic carbocycles. The number of rotatable bonds is 5. The Morgan fingerprint density at radius 2 is 1.89 bits per heavy atom. The molecule has 3 aromatic rings. The van der Waals surface area contributed by atoms with Crippen LogP contribution in [0.3, 0.4) is 0 Å². The summed E-state index contributed by atoms with van der Waals surface area (Å²) in [6.45, 7) is 2.90. The van der Waals surface area contributed by atoms with Gasteiger partial charge in [0.25, 0.3) is 0 Å². The zero-order valence-corrected chi connectivity index (χ0v) is 15.6. The van der Waals surface area contributed by atoms with E-state index in [4.69, 9.17) is 11.6 Å². The molecule has 3 rings (SSSR count). The molecule has 2 aromatic heterocycles. The summed E-state index contributed by atoms with van der Waals surface area (Å²) >= 11 is 6.28. The molecule has 1 unspecified atom stereocenters. The molecular formula is C18H15ClF4N4O. The molecule has 10 heteroatoms. The third-order valence-electron chi connectivity index (χ3n) is 4.31. The maximum atomic E-state index is 13.1. The molecule has 0 aliphatic rings. The van der Waals surface area contributed by atoms with Gasteiger partial charge in [-0.25, -0.2) is 14.1 Å². The molecule has 0 radical (unpaired) electrons. The van der Waals surface area contributed by atoms with Gasteiger partial charge in [0.2, 0.25) is 0 Å². The number of nitrogens with zero attached hydrogens (tertiary/aromatic N) is 4. The fraction of sp³-hybridized carbons (Fsp3) is 0.278. The van der Waals surface area contributed by atoms with E-state index in [9.17, 15) is 22.4 Å².